The summed E-state index contributed by atoms with van der Waals surface area (Å²) in [4.78, 5) is 18.3. The second-order valence-electron chi connectivity index (χ2n) is 5.99. The number of rotatable bonds is 3. The molecule has 1 fully saturated rings. The van der Waals surface area contributed by atoms with E-state index in [2.05, 4.69) is 39.4 Å². The Balaban J connectivity index is 1.90. The van der Waals surface area contributed by atoms with Crippen LogP contribution in [0.1, 0.15) is 13.8 Å². The number of nitrogens with one attached hydrogen (secondary N) is 1. The van der Waals surface area contributed by atoms with Gasteiger partial charge in [-0.25, -0.2) is 4.79 Å². The molecule has 0 radical (unpaired) electrons. The normalized spacial score (nSPS) is 15.3. The van der Waals surface area contributed by atoms with Crippen LogP contribution in [0.5, 0.6) is 0 Å². The summed E-state index contributed by atoms with van der Waals surface area (Å²) < 4.78 is 0. The molecule has 21 heavy (non-hydrogen) atoms. The summed E-state index contributed by atoms with van der Waals surface area (Å²) in [6.07, 6.45) is 0. The van der Waals surface area contributed by atoms with Crippen molar-refractivity contribution in [1.29, 1.82) is 0 Å². The number of carbonyl (C=O) groups is 1. The molecule has 0 aromatic heterocycles. The van der Waals surface area contributed by atoms with Gasteiger partial charge < -0.3 is 20.0 Å². The molecule has 1 aromatic carbocycles. The summed E-state index contributed by atoms with van der Waals surface area (Å²) in [7, 11) is 4.09. The highest BCUT2D eigenvalue weighted by Crippen LogP contribution is 2.20. The predicted molar refractivity (Wildman–Crippen MR) is 88.2 cm³/mol. The zero-order valence-corrected chi connectivity index (χ0v) is 13.5. The van der Waals surface area contributed by atoms with Gasteiger partial charge >= 0.3 is 6.03 Å². The van der Waals surface area contributed by atoms with Crippen molar-refractivity contribution < 1.29 is 4.79 Å². The summed E-state index contributed by atoms with van der Waals surface area (Å²) in [5.74, 6) is 0. The van der Waals surface area contributed by atoms with Crippen LogP contribution in [0.2, 0.25) is 0 Å². The third kappa shape index (κ3) is 4.03. The minimum Gasteiger partial charge on any atom is -0.378 e. The first-order valence-corrected chi connectivity index (χ1v) is 7.55. The lowest BCUT2D eigenvalue weighted by Gasteiger charge is -2.36. The van der Waals surface area contributed by atoms with Crippen LogP contribution >= 0.6 is 0 Å². The molecule has 1 aliphatic heterocycles. The predicted octanol–water partition coefficient (Wildman–Crippen LogP) is 1.99. The number of nitrogens with zero attached hydrogens (tertiary/aromatic N) is 3. The van der Waals surface area contributed by atoms with Gasteiger partial charge in [0.25, 0.3) is 0 Å². The number of carbonyl (C=O) groups excluding carboxylic acids is 1. The number of anilines is 2. The van der Waals surface area contributed by atoms with Gasteiger partial charge in [0.15, 0.2) is 0 Å². The third-order valence-corrected chi connectivity index (χ3v) is 3.71. The van der Waals surface area contributed by atoms with Crippen molar-refractivity contribution in [3.8, 4) is 0 Å². The number of urea groups is 1. The molecule has 1 heterocycles. The van der Waals surface area contributed by atoms with Crippen LogP contribution < -0.4 is 15.1 Å². The van der Waals surface area contributed by atoms with Crippen molar-refractivity contribution in [3.63, 3.8) is 0 Å². The van der Waals surface area contributed by atoms with E-state index < -0.39 is 0 Å². The first kappa shape index (κ1) is 15.5. The summed E-state index contributed by atoms with van der Waals surface area (Å²) in [5, 5.41) is 2.95. The first-order valence-electron chi connectivity index (χ1n) is 7.55. The molecule has 1 saturated heterocycles. The molecule has 1 aliphatic rings. The molecule has 0 unspecified atom stereocenters. The zero-order chi connectivity index (χ0) is 15.4. The van der Waals surface area contributed by atoms with Gasteiger partial charge in [-0.1, -0.05) is 0 Å². The largest absolute Gasteiger partial charge is 0.378 e. The molecule has 5 heteroatoms. The van der Waals surface area contributed by atoms with Crippen LogP contribution in [0, 0.1) is 0 Å². The third-order valence-electron chi connectivity index (χ3n) is 3.71. The van der Waals surface area contributed by atoms with Crippen LogP contribution in [0.15, 0.2) is 24.3 Å². The number of benzene rings is 1. The van der Waals surface area contributed by atoms with Crippen LogP contribution in [-0.2, 0) is 0 Å². The van der Waals surface area contributed by atoms with Crippen molar-refractivity contribution >= 4 is 17.4 Å². The van der Waals surface area contributed by atoms with Gasteiger partial charge in [-0.2, -0.15) is 0 Å². The Hall–Kier alpha value is -1.91. The Morgan fingerprint density at radius 2 is 1.67 bits per heavy atom. The lowest BCUT2D eigenvalue weighted by atomic mass is 10.2. The number of hydrogen-bond acceptors (Lipinski definition) is 3. The molecule has 0 atom stereocenters. The van der Waals surface area contributed by atoms with E-state index in [1.807, 2.05) is 32.8 Å². The number of piperazine rings is 1. The van der Waals surface area contributed by atoms with Gasteiger partial charge in [-0.15, -0.1) is 0 Å². The lowest BCUT2D eigenvalue weighted by molar-refractivity contribution is 0.192. The van der Waals surface area contributed by atoms with E-state index in [4.69, 9.17) is 0 Å². The second-order valence-corrected chi connectivity index (χ2v) is 5.99. The molecule has 0 bridgehead atoms. The fourth-order valence-corrected chi connectivity index (χ4v) is 2.47. The number of amides is 2. The molecule has 1 N–H and O–H groups in total. The molecular weight excluding hydrogens is 264 g/mol. The van der Waals surface area contributed by atoms with Crippen LogP contribution in [0.4, 0.5) is 16.2 Å². The minimum absolute atomic E-state index is 0.0487. The minimum atomic E-state index is 0.0487. The fourth-order valence-electron chi connectivity index (χ4n) is 2.47. The summed E-state index contributed by atoms with van der Waals surface area (Å²) in [6.45, 7) is 7.28. The van der Waals surface area contributed by atoms with E-state index in [1.54, 1.807) is 0 Å². The Labute approximate surface area is 127 Å². The molecule has 0 aliphatic carbocycles. The van der Waals surface area contributed by atoms with Crippen LogP contribution in [-0.4, -0.2) is 57.2 Å². The standard InChI is InChI=1S/C16H26N4O/c1-13(2)17-16(21)20-11-9-19(10-12-20)15-7-5-14(6-8-15)18(3)4/h5-8,13H,9-12H2,1-4H3,(H,17,21). The molecule has 0 spiro atoms. The number of hydrogen-bond donors (Lipinski definition) is 1. The van der Waals surface area contributed by atoms with E-state index in [-0.39, 0.29) is 12.1 Å². The molecular formula is C16H26N4O. The van der Waals surface area contributed by atoms with E-state index >= 15 is 0 Å². The lowest BCUT2D eigenvalue weighted by Crippen LogP contribution is -2.52. The highest BCUT2D eigenvalue weighted by Gasteiger charge is 2.21. The van der Waals surface area contributed by atoms with E-state index in [1.165, 1.54) is 11.4 Å². The quantitative estimate of drug-likeness (QED) is 0.925. The maximum atomic E-state index is 12.0. The summed E-state index contributed by atoms with van der Waals surface area (Å²) in [5.41, 5.74) is 2.43. The Morgan fingerprint density at radius 1 is 1.10 bits per heavy atom. The van der Waals surface area contributed by atoms with E-state index in [0.29, 0.717) is 0 Å². The zero-order valence-electron chi connectivity index (χ0n) is 13.5. The molecule has 116 valence electrons. The monoisotopic (exact) mass is 290 g/mol. The first-order chi connectivity index (χ1) is 9.97. The van der Waals surface area contributed by atoms with Gasteiger partial charge in [0.1, 0.15) is 0 Å². The maximum Gasteiger partial charge on any atom is 0.317 e. The van der Waals surface area contributed by atoms with Crippen molar-refractivity contribution in [2.45, 2.75) is 19.9 Å². The molecule has 2 amide bonds. The maximum absolute atomic E-state index is 12.0. The van der Waals surface area contributed by atoms with Crippen molar-refractivity contribution in [2.75, 3.05) is 50.1 Å². The highest BCUT2D eigenvalue weighted by atomic mass is 16.2. The smallest absolute Gasteiger partial charge is 0.317 e. The van der Waals surface area contributed by atoms with Gasteiger partial charge in [0.2, 0.25) is 0 Å². The van der Waals surface area contributed by atoms with E-state index in [9.17, 15) is 4.79 Å². The average molecular weight is 290 g/mol. The summed E-state index contributed by atoms with van der Waals surface area (Å²) >= 11 is 0. The highest BCUT2D eigenvalue weighted by molar-refractivity contribution is 5.74. The van der Waals surface area contributed by atoms with Crippen molar-refractivity contribution in [1.82, 2.24) is 10.2 Å². The molecule has 2 rings (SSSR count). The van der Waals surface area contributed by atoms with Gasteiger partial charge in [0.05, 0.1) is 0 Å². The second kappa shape index (κ2) is 6.70. The fraction of sp³-hybridized carbons (Fsp3) is 0.562. The molecule has 5 nitrogen and oxygen atoms in total. The van der Waals surface area contributed by atoms with Crippen LogP contribution in [0.25, 0.3) is 0 Å². The molecule has 0 saturated carbocycles. The van der Waals surface area contributed by atoms with Gasteiger partial charge in [0, 0.05) is 57.7 Å². The summed E-state index contributed by atoms with van der Waals surface area (Å²) in [6, 6.07) is 8.81. The Kier molecular flexibility index (Phi) is 4.94. The van der Waals surface area contributed by atoms with Gasteiger partial charge in [-0.3, -0.25) is 0 Å². The van der Waals surface area contributed by atoms with Crippen molar-refractivity contribution in [2.24, 2.45) is 0 Å². The molecule has 1 aromatic rings. The van der Waals surface area contributed by atoms with Crippen molar-refractivity contribution in [3.05, 3.63) is 24.3 Å². The topological polar surface area (TPSA) is 38.8 Å². The average Bonchev–Trinajstić information content (AvgIpc) is 2.47. The Bertz CT molecular complexity index is 462. The van der Waals surface area contributed by atoms with E-state index in [0.717, 1.165) is 26.2 Å². The Morgan fingerprint density at radius 3 is 2.14 bits per heavy atom. The van der Waals surface area contributed by atoms with Gasteiger partial charge in [-0.05, 0) is 38.1 Å². The van der Waals surface area contributed by atoms with Crippen LogP contribution in [0.3, 0.4) is 0 Å². The SMILES string of the molecule is CC(C)NC(=O)N1CCN(c2ccc(N(C)C)cc2)CC1.